The van der Waals surface area contributed by atoms with Crippen LogP contribution >= 0.6 is 11.3 Å². The summed E-state index contributed by atoms with van der Waals surface area (Å²) in [6.07, 6.45) is 0.879. The lowest BCUT2D eigenvalue weighted by Gasteiger charge is -2.27. The van der Waals surface area contributed by atoms with Gasteiger partial charge in [0.15, 0.2) is 0 Å². The van der Waals surface area contributed by atoms with Crippen LogP contribution in [0.15, 0.2) is 28.4 Å². The first kappa shape index (κ1) is 16.7. The Kier molecular flexibility index (Phi) is 3.99. The summed E-state index contributed by atoms with van der Waals surface area (Å²) < 4.78 is 8.55. The van der Waals surface area contributed by atoms with Crippen molar-refractivity contribution in [2.45, 2.75) is 13.0 Å². The van der Waals surface area contributed by atoms with Gasteiger partial charge >= 0.3 is 11.7 Å². The highest BCUT2D eigenvalue weighted by atomic mass is 32.1. The number of hydrogen-bond acceptors (Lipinski definition) is 4. The SMILES string of the molecule is COc1cc2c(cc1NC(=O)N1CCc3sccc3C1)n(C)c(=O)n2C. The van der Waals surface area contributed by atoms with E-state index in [1.807, 2.05) is 0 Å². The number of rotatable bonds is 2. The van der Waals surface area contributed by atoms with Crippen LogP contribution in [0.1, 0.15) is 10.4 Å². The summed E-state index contributed by atoms with van der Waals surface area (Å²) in [6, 6.07) is 5.47. The lowest BCUT2D eigenvalue weighted by molar-refractivity contribution is 0.206. The van der Waals surface area contributed by atoms with Crippen molar-refractivity contribution >= 4 is 34.1 Å². The molecular formula is C18H20N4O3S. The molecular weight excluding hydrogens is 352 g/mol. The van der Waals surface area contributed by atoms with Crippen LogP contribution in [-0.2, 0) is 27.1 Å². The number of urea groups is 1. The summed E-state index contributed by atoms with van der Waals surface area (Å²) in [5.74, 6) is 0.528. The molecule has 26 heavy (non-hydrogen) atoms. The summed E-state index contributed by atoms with van der Waals surface area (Å²) in [4.78, 5) is 28.0. The van der Waals surface area contributed by atoms with Crippen molar-refractivity contribution in [3.63, 3.8) is 0 Å². The second-order valence-electron chi connectivity index (χ2n) is 6.41. The standard InChI is InChI=1S/C18H20N4O3S/c1-20-13-8-12(15(25-3)9-14(13)21(2)18(20)24)19-17(23)22-6-4-16-11(10-22)5-7-26-16/h5,7-9H,4,6,10H2,1-3H3,(H,19,23). The molecule has 8 heteroatoms. The number of hydrogen-bond donors (Lipinski definition) is 1. The van der Waals surface area contributed by atoms with Crippen LogP contribution in [0.3, 0.4) is 0 Å². The molecule has 0 spiro atoms. The van der Waals surface area contributed by atoms with Gasteiger partial charge in [-0.1, -0.05) is 0 Å². The molecule has 0 atom stereocenters. The molecule has 0 radical (unpaired) electrons. The number of anilines is 1. The van der Waals surface area contributed by atoms with Gasteiger partial charge in [-0.3, -0.25) is 9.13 Å². The number of nitrogens with one attached hydrogen (secondary N) is 1. The van der Waals surface area contributed by atoms with Gasteiger partial charge in [-0.25, -0.2) is 9.59 Å². The number of carbonyl (C=O) groups excluding carboxylic acids is 1. The van der Waals surface area contributed by atoms with Crippen LogP contribution in [-0.4, -0.2) is 33.7 Å². The number of methoxy groups -OCH3 is 1. The van der Waals surface area contributed by atoms with E-state index >= 15 is 0 Å². The van der Waals surface area contributed by atoms with Gasteiger partial charge in [0.05, 0.1) is 23.8 Å². The maximum absolute atomic E-state index is 12.7. The third-order valence-electron chi connectivity index (χ3n) is 4.93. The fraction of sp³-hybridized carbons (Fsp3) is 0.333. The van der Waals surface area contributed by atoms with Crippen LogP contribution < -0.4 is 15.7 Å². The van der Waals surface area contributed by atoms with Crippen molar-refractivity contribution < 1.29 is 9.53 Å². The summed E-state index contributed by atoms with van der Waals surface area (Å²) >= 11 is 1.74. The zero-order valence-electron chi connectivity index (χ0n) is 14.9. The van der Waals surface area contributed by atoms with Crippen molar-refractivity contribution in [3.05, 3.63) is 44.5 Å². The van der Waals surface area contributed by atoms with Gasteiger partial charge in [-0.05, 0) is 29.5 Å². The predicted octanol–water partition coefficient (Wildman–Crippen LogP) is 2.54. The number of amides is 2. The van der Waals surface area contributed by atoms with Crippen LogP contribution in [0, 0.1) is 0 Å². The summed E-state index contributed by atoms with van der Waals surface area (Å²) in [5, 5.41) is 5.01. The highest BCUT2D eigenvalue weighted by molar-refractivity contribution is 7.10. The van der Waals surface area contributed by atoms with Gasteiger partial charge in [0, 0.05) is 38.1 Å². The molecule has 136 valence electrons. The fourth-order valence-corrected chi connectivity index (χ4v) is 4.30. The van der Waals surface area contributed by atoms with Gasteiger partial charge in [-0.2, -0.15) is 0 Å². The van der Waals surface area contributed by atoms with E-state index < -0.39 is 0 Å². The van der Waals surface area contributed by atoms with E-state index in [0.717, 1.165) is 17.5 Å². The molecule has 1 aliphatic heterocycles. The molecule has 1 aliphatic rings. The van der Waals surface area contributed by atoms with E-state index in [0.29, 0.717) is 24.5 Å². The van der Waals surface area contributed by atoms with Gasteiger partial charge in [0.25, 0.3) is 0 Å². The molecule has 3 heterocycles. The Bertz CT molecular complexity index is 1060. The number of imidazole rings is 1. The van der Waals surface area contributed by atoms with Gasteiger partial charge in [-0.15, -0.1) is 11.3 Å². The van der Waals surface area contributed by atoms with Crippen molar-refractivity contribution in [1.29, 1.82) is 0 Å². The molecule has 1 N–H and O–H groups in total. The largest absolute Gasteiger partial charge is 0.494 e. The van der Waals surface area contributed by atoms with Gasteiger partial charge in [0.1, 0.15) is 5.75 Å². The van der Waals surface area contributed by atoms with E-state index in [2.05, 4.69) is 16.8 Å². The Labute approximate surface area is 154 Å². The number of carbonyl (C=O) groups is 1. The van der Waals surface area contributed by atoms with Crippen LogP contribution in [0.5, 0.6) is 5.75 Å². The minimum Gasteiger partial charge on any atom is -0.494 e. The molecule has 7 nitrogen and oxygen atoms in total. The van der Waals surface area contributed by atoms with Crippen LogP contribution in [0.4, 0.5) is 10.5 Å². The molecule has 1 aromatic carbocycles. The number of benzene rings is 1. The molecule has 4 rings (SSSR count). The van der Waals surface area contributed by atoms with E-state index in [1.165, 1.54) is 10.4 Å². The maximum Gasteiger partial charge on any atom is 0.328 e. The smallest absolute Gasteiger partial charge is 0.328 e. The highest BCUT2D eigenvalue weighted by Crippen LogP contribution is 2.31. The zero-order chi connectivity index (χ0) is 18.4. The summed E-state index contributed by atoms with van der Waals surface area (Å²) in [6.45, 7) is 1.30. The van der Waals surface area contributed by atoms with E-state index in [1.54, 1.807) is 58.7 Å². The first-order valence-electron chi connectivity index (χ1n) is 8.34. The first-order valence-corrected chi connectivity index (χ1v) is 9.22. The number of aromatic nitrogens is 2. The topological polar surface area (TPSA) is 68.5 Å². The monoisotopic (exact) mass is 372 g/mol. The van der Waals surface area contributed by atoms with E-state index in [-0.39, 0.29) is 11.7 Å². The molecule has 3 aromatic rings. The van der Waals surface area contributed by atoms with Crippen LogP contribution in [0.25, 0.3) is 11.0 Å². The molecule has 2 aromatic heterocycles. The Morgan fingerprint density at radius 2 is 1.96 bits per heavy atom. The zero-order valence-corrected chi connectivity index (χ0v) is 15.7. The molecule has 0 aliphatic carbocycles. The maximum atomic E-state index is 12.7. The number of aryl methyl sites for hydroxylation is 2. The highest BCUT2D eigenvalue weighted by Gasteiger charge is 2.23. The molecule has 0 saturated heterocycles. The second-order valence-corrected chi connectivity index (χ2v) is 7.41. The Balaban J connectivity index is 1.65. The van der Waals surface area contributed by atoms with Crippen molar-refractivity contribution in [2.75, 3.05) is 19.0 Å². The number of ether oxygens (including phenoxy) is 1. The Morgan fingerprint density at radius 3 is 2.69 bits per heavy atom. The Hall–Kier alpha value is -2.74. The third-order valence-corrected chi connectivity index (χ3v) is 5.95. The Morgan fingerprint density at radius 1 is 1.23 bits per heavy atom. The predicted molar refractivity (Wildman–Crippen MR) is 102 cm³/mol. The summed E-state index contributed by atoms with van der Waals surface area (Å²) in [5.41, 5.74) is 3.15. The number of fused-ring (bicyclic) bond motifs is 2. The second kappa shape index (κ2) is 6.21. The average molecular weight is 372 g/mol. The minimum atomic E-state index is -0.166. The molecule has 0 saturated carbocycles. The minimum absolute atomic E-state index is 0.119. The molecule has 0 fully saturated rings. The van der Waals surface area contributed by atoms with Crippen molar-refractivity contribution in [3.8, 4) is 5.75 Å². The summed E-state index contributed by atoms with van der Waals surface area (Å²) in [7, 11) is 4.98. The van der Waals surface area contributed by atoms with Crippen LogP contribution in [0.2, 0.25) is 0 Å². The quantitative estimate of drug-likeness (QED) is 0.752. The normalized spacial score (nSPS) is 13.7. The van der Waals surface area contributed by atoms with Crippen molar-refractivity contribution in [2.24, 2.45) is 14.1 Å². The lowest BCUT2D eigenvalue weighted by atomic mass is 10.1. The average Bonchev–Trinajstić information content (AvgIpc) is 3.20. The van der Waals surface area contributed by atoms with E-state index in [4.69, 9.17) is 4.74 Å². The van der Waals surface area contributed by atoms with E-state index in [9.17, 15) is 9.59 Å². The molecule has 0 unspecified atom stereocenters. The number of nitrogens with zero attached hydrogens (tertiary/aromatic N) is 3. The lowest BCUT2D eigenvalue weighted by Crippen LogP contribution is -2.38. The van der Waals surface area contributed by atoms with Gasteiger partial charge < -0.3 is 15.0 Å². The van der Waals surface area contributed by atoms with Crippen molar-refractivity contribution in [1.82, 2.24) is 14.0 Å². The third kappa shape index (κ3) is 2.57. The van der Waals surface area contributed by atoms with Gasteiger partial charge in [0.2, 0.25) is 0 Å². The first-order chi connectivity index (χ1) is 12.5. The number of thiophene rings is 1. The molecule has 2 amide bonds. The molecule has 0 bridgehead atoms. The fourth-order valence-electron chi connectivity index (χ4n) is 3.41.